The van der Waals surface area contributed by atoms with Gasteiger partial charge in [0.1, 0.15) is 5.82 Å². The summed E-state index contributed by atoms with van der Waals surface area (Å²) in [5.74, 6) is -0.389. The molecular weight excluding hydrogens is 243 g/mol. The van der Waals surface area contributed by atoms with Crippen LogP contribution in [0.4, 0.5) is 4.39 Å². The molecule has 0 aromatic heterocycles. The van der Waals surface area contributed by atoms with E-state index in [1.165, 1.54) is 12.1 Å². The summed E-state index contributed by atoms with van der Waals surface area (Å²) in [5.41, 5.74) is 7.48. The number of rotatable bonds is 2. The zero-order valence-corrected chi connectivity index (χ0v) is 10.4. The zero-order chi connectivity index (χ0) is 11.7. The Hall–Kier alpha value is -1.13. The molecule has 0 aliphatic heterocycles. The van der Waals surface area contributed by atoms with Gasteiger partial charge in [-0.25, -0.2) is 4.39 Å². The highest BCUT2D eigenvalue weighted by atomic mass is 35.5. The largest absolute Gasteiger partial charge is 0.348 e. The lowest BCUT2D eigenvalue weighted by atomic mass is 10.1. The molecule has 0 radical (unpaired) electrons. The van der Waals surface area contributed by atoms with E-state index in [0.29, 0.717) is 0 Å². The molecule has 2 rings (SSSR count). The second-order valence-electron chi connectivity index (χ2n) is 4.23. The van der Waals surface area contributed by atoms with Gasteiger partial charge >= 0.3 is 0 Å². The van der Waals surface area contributed by atoms with Gasteiger partial charge in [0.25, 0.3) is 0 Å². The van der Waals surface area contributed by atoms with Gasteiger partial charge in [0.15, 0.2) is 0 Å². The molecule has 1 unspecified atom stereocenters. The molecule has 1 aromatic carbocycles. The van der Waals surface area contributed by atoms with Gasteiger partial charge in [0.05, 0.1) is 12.1 Å². The molecule has 1 aliphatic carbocycles. The van der Waals surface area contributed by atoms with Crippen LogP contribution in [-0.2, 0) is 11.2 Å². The van der Waals surface area contributed by atoms with Crippen LogP contribution in [0.15, 0.2) is 18.2 Å². The summed E-state index contributed by atoms with van der Waals surface area (Å²) < 4.78 is 13.0. The Balaban J connectivity index is 0.00000144. The van der Waals surface area contributed by atoms with Crippen LogP contribution in [0.25, 0.3) is 0 Å². The van der Waals surface area contributed by atoms with Gasteiger partial charge in [-0.2, -0.15) is 0 Å². The SMILES string of the molecule is C[C@@H](N)C(=O)NC1CCc2cc(F)ccc21.Cl. The van der Waals surface area contributed by atoms with Crippen molar-refractivity contribution in [3.63, 3.8) is 0 Å². The first-order chi connectivity index (χ1) is 7.58. The molecule has 0 heterocycles. The van der Waals surface area contributed by atoms with Crippen LogP contribution >= 0.6 is 12.4 Å². The average Bonchev–Trinajstić information content (AvgIpc) is 2.60. The second kappa shape index (κ2) is 5.47. The van der Waals surface area contributed by atoms with Gasteiger partial charge < -0.3 is 11.1 Å². The van der Waals surface area contributed by atoms with Gasteiger partial charge in [-0.05, 0) is 43.0 Å². The molecule has 5 heteroatoms. The fraction of sp³-hybridized carbons (Fsp3) is 0.417. The molecule has 1 aliphatic rings. The predicted octanol–water partition coefficient (Wildman–Crippen LogP) is 1.70. The van der Waals surface area contributed by atoms with Crippen molar-refractivity contribution in [1.29, 1.82) is 0 Å². The number of benzene rings is 1. The Labute approximate surface area is 106 Å². The third-order valence-electron chi connectivity index (χ3n) is 2.91. The number of carbonyl (C=O) groups excluding carboxylic acids is 1. The van der Waals surface area contributed by atoms with Crippen molar-refractivity contribution < 1.29 is 9.18 Å². The van der Waals surface area contributed by atoms with Crippen LogP contribution in [0, 0.1) is 5.82 Å². The monoisotopic (exact) mass is 258 g/mol. The first-order valence-electron chi connectivity index (χ1n) is 5.42. The normalized spacial score (nSPS) is 19.1. The van der Waals surface area contributed by atoms with E-state index >= 15 is 0 Å². The maximum Gasteiger partial charge on any atom is 0.237 e. The Morgan fingerprint density at radius 1 is 1.59 bits per heavy atom. The molecule has 1 amide bonds. The third kappa shape index (κ3) is 2.96. The summed E-state index contributed by atoms with van der Waals surface area (Å²) >= 11 is 0. The van der Waals surface area contributed by atoms with E-state index in [-0.39, 0.29) is 30.2 Å². The summed E-state index contributed by atoms with van der Waals surface area (Å²) in [6.07, 6.45) is 1.62. The number of aryl methyl sites for hydroxylation is 1. The molecule has 3 N–H and O–H groups in total. The minimum absolute atomic E-state index is 0. The molecule has 0 fully saturated rings. The van der Waals surface area contributed by atoms with Crippen molar-refractivity contribution in [2.24, 2.45) is 5.73 Å². The fourth-order valence-corrected chi connectivity index (χ4v) is 2.04. The molecule has 3 nitrogen and oxygen atoms in total. The highest BCUT2D eigenvalue weighted by molar-refractivity contribution is 5.85. The van der Waals surface area contributed by atoms with E-state index in [1.54, 1.807) is 13.0 Å². The number of hydrogen-bond donors (Lipinski definition) is 2. The molecule has 1 aromatic rings. The maximum absolute atomic E-state index is 13.0. The molecule has 0 saturated heterocycles. The molecular formula is C12H16ClFN2O. The Kier molecular flexibility index (Phi) is 4.48. The Morgan fingerprint density at radius 2 is 2.29 bits per heavy atom. The molecule has 0 spiro atoms. The van der Waals surface area contributed by atoms with Gasteiger partial charge in [0.2, 0.25) is 5.91 Å². The van der Waals surface area contributed by atoms with Gasteiger partial charge in [-0.3, -0.25) is 4.79 Å². The van der Waals surface area contributed by atoms with Crippen molar-refractivity contribution in [1.82, 2.24) is 5.32 Å². The lowest BCUT2D eigenvalue weighted by Gasteiger charge is -2.15. The first kappa shape index (κ1) is 13.9. The molecule has 94 valence electrons. The van der Waals surface area contributed by atoms with E-state index in [4.69, 9.17) is 5.73 Å². The minimum atomic E-state index is -0.510. The quantitative estimate of drug-likeness (QED) is 0.848. The summed E-state index contributed by atoms with van der Waals surface area (Å²) in [4.78, 5) is 11.5. The van der Waals surface area contributed by atoms with Crippen LogP contribution in [-0.4, -0.2) is 11.9 Å². The van der Waals surface area contributed by atoms with Crippen molar-refractivity contribution in [2.45, 2.75) is 31.8 Å². The van der Waals surface area contributed by atoms with E-state index in [9.17, 15) is 9.18 Å². The van der Waals surface area contributed by atoms with E-state index in [2.05, 4.69) is 5.32 Å². The Morgan fingerprint density at radius 3 is 2.94 bits per heavy atom. The number of fused-ring (bicyclic) bond motifs is 1. The second-order valence-corrected chi connectivity index (χ2v) is 4.23. The topological polar surface area (TPSA) is 55.1 Å². The predicted molar refractivity (Wildman–Crippen MR) is 66.5 cm³/mol. The van der Waals surface area contributed by atoms with Crippen molar-refractivity contribution in [2.75, 3.05) is 0 Å². The van der Waals surface area contributed by atoms with E-state index < -0.39 is 6.04 Å². The minimum Gasteiger partial charge on any atom is -0.348 e. The Bertz CT molecular complexity index is 423. The number of hydrogen-bond acceptors (Lipinski definition) is 2. The van der Waals surface area contributed by atoms with Crippen LogP contribution in [0.1, 0.15) is 30.5 Å². The standard InChI is InChI=1S/C12H15FN2O.ClH/c1-7(14)12(16)15-11-5-2-8-6-9(13)3-4-10(8)11;/h3-4,6-7,11H,2,5,14H2,1H3,(H,15,16);1H/t7-,11?;/m1./s1. The number of nitrogens with one attached hydrogen (secondary N) is 1. The number of nitrogens with two attached hydrogens (primary N) is 1. The van der Waals surface area contributed by atoms with Crippen molar-refractivity contribution >= 4 is 18.3 Å². The fourth-order valence-electron chi connectivity index (χ4n) is 2.04. The molecule has 0 saturated carbocycles. The highest BCUT2D eigenvalue weighted by Crippen LogP contribution is 2.31. The lowest BCUT2D eigenvalue weighted by molar-refractivity contribution is -0.122. The summed E-state index contributed by atoms with van der Waals surface area (Å²) in [7, 11) is 0. The number of amides is 1. The lowest BCUT2D eigenvalue weighted by Crippen LogP contribution is -2.39. The molecule has 17 heavy (non-hydrogen) atoms. The number of halogens is 2. The molecule has 0 bridgehead atoms. The maximum atomic E-state index is 13.0. The summed E-state index contributed by atoms with van der Waals surface area (Å²) in [6.45, 7) is 1.65. The van der Waals surface area contributed by atoms with Crippen molar-refractivity contribution in [3.05, 3.63) is 35.1 Å². The van der Waals surface area contributed by atoms with E-state index in [1.807, 2.05) is 0 Å². The highest BCUT2D eigenvalue weighted by Gasteiger charge is 2.24. The van der Waals surface area contributed by atoms with Crippen LogP contribution in [0.5, 0.6) is 0 Å². The smallest absolute Gasteiger partial charge is 0.237 e. The van der Waals surface area contributed by atoms with Gasteiger partial charge in [-0.15, -0.1) is 12.4 Å². The van der Waals surface area contributed by atoms with E-state index in [0.717, 1.165) is 24.0 Å². The van der Waals surface area contributed by atoms with Crippen LogP contribution < -0.4 is 11.1 Å². The number of carbonyl (C=O) groups is 1. The summed E-state index contributed by atoms with van der Waals surface area (Å²) in [6, 6.07) is 4.17. The van der Waals surface area contributed by atoms with Crippen LogP contribution in [0.2, 0.25) is 0 Å². The zero-order valence-electron chi connectivity index (χ0n) is 9.57. The van der Waals surface area contributed by atoms with Crippen molar-refractivity contribution in [3.8, 4) is 0 Å². The van der Waals surface area contributed by atoms with Crippen LogP contribution in [0.3, 0.4) is 0 Å². The van der Waals surface area contributed by atoms with Gasteiger partial charge in [0, 0.05) is 0 Å². The molecule has 2 atom stereocenters. The average molecular weight is 259 g/mol. The van der Waals surface area contributed by atoms with Gasteiger partial charge in [-0.1, -0.05) is 6.07 Å². The third-order valence-corrected chi connectivity index (χ3v) is 2.91. The first-order valence-corrected chi connectivity index (χ1v) is 5.42. The summed E-state index contributed by atoms with van der Waals surface area (Å²) in [5, 5.41) is 2.87.